The number of alkyl halides is 1. The van der Waals surface area contributed by atoms with Crippen molar-refractivity contribution in [3.63, 3.8) is 0 Å². The minimum absolute atomic E-state index is 0.181. The Kier molecular flexibility index (Phi) is 4.57. The summed E-state index contributed by atoms with van der Waals surface area (Å²) in [6.07, 6.45) is 0. The molecule has 0 saturated heterocycles. The summed E-state index contributed by atoms with van der Waals surface area (Å²) in [5, 5.41) is 0. The van der Waals surface area contributed by atoms with Crippen LogP contribution in [0.3, 0.4) is 0 Å². The van der Waals surface area contributed by atoms with E-state index < -0.39 is 6.04 Å². The first kappa shape index (κ1) is 15.4. The minimum atomic E-state index is -0.535. The summed E-state index contributed by atoms with van der Waals surface area (Å²) >= 11 is 5.94. The molecule has 0 aliphatic rings. The zero-order chi connectivity index (χ0) is 15.6. The van der Waals surface area contributed by atoms with E-state index in [0.717, 1.165) is 5.52 Å². The first-order valence-electron chi connectivity index (χ1n) is 6.34. The van der Waals surface area contributed by atoms with Gasteiger partial charge in [-0.05, 0) is 6.92 Å². The van der Waals surface area contributed by atoms with Crippen molar-refractivity contribution in [2.45, 2.75) is 18.8 Å². The lowest BCUT2D eigenvalue weighted by Gasteiger charge is -2.15. The maximum atomic E-state index is 11.8. The highest BCUT2D eigenvalue weighted by Gasteiger charge is 2.23. The predicted octanol–water partition coefficient (Wildman–Crippen LogP) is 2.53. The Morgan fingerprint density at radius 3 is 2.43 bits per heavy atom. The lowest BCUT2D eigenvalue weighted by atomic mass is 10.2. The van der Waals surface area contributed by atoms with Gasteiger partial charge in [0.15, 0.2) is 11.5 Å². The van der Waals surface area contributed by atoms with E-state index in [0.29, 0.717) is 22.8 Å². The lowest BCUT2D eigenvalue weighted by molar-refractivity contribution is -0.143. The Bertz CT molecular complexity index is 669. The summed E-state index contributed by atoms with van der Waals surface area (Å²) in [7, 11) is 4.46. The SMILES string of the molecule is COC(=O)C(C)n1c(CCl)nc2cc(OC)c(OC)cc21. The van der Waals surface area contributed by atoms with E-state index in [1.54, 1.807) is 37.8 Å². The molecule has 0 fully saturated rings. The molecule has 1 aromatic carbocycles. The highest BCUT2D eigenvalue weighted by atomic mass is 35.5. The van der Waals surface area contributed by atoms with Crippen molar-refractivity contribution in [2.24, 2.45) is 0 Å². The number of hydrogen-bond donors (Lipinski definition) is 0. The van der Waals surface area contributed by atoms with E-state index in [2.05, 4.69) is 4.98 Å². The molecule has 1 unspecified atom stereocenters. The second-order valence-corrected chi connectivity index (χ2v) is 4.69. The van der Waals surface area contributed by atoms with E-state index in [4.69, 9.17) is 25.8 Å². The molecule has 1 aromatic heterocycles. The average molecular weight is 313 g/mol. The molecule has 1 heterocycles. The first-order valence-corrected chi connectivity index (χ1v) is 6.87. The Morgan fingerprint density at radius 1 is 1.29 bits per heavy atom. The summed E-state index contributed by atoms with van der Waals surface area (Å²) < 4.78 is 17.1. The van der Waals surface area contributed by atoms with Crippen LogP contribution in [0, 0.1) is 0 Å². The van der Waals surface area contributed by atoms with Crippen LogP contribution in [0.25, 0.3) is 11.0 Å². The molecule has 21 heavy (non-hydrogen) atoms. The van der Waals surface area contributed by atoms with Crippen molar-refractivity contribution in [1.29, 1.82) is 0 Å². The van der Waals surface area contributed by atoms with Gasteiger partial charge >= 0.3 is 5.97 Å². The number of halogens is 1. The van der Waals surface area contributed by atoms with Crippen molar-refractivity contribution in [3.8, 4) is 11.5 Å². The van der Waals surface area contributed by atoms with Gasteiger partial charge in [-0.2, -0.15) is 0 Å². The number of aromatic nitrogens is 2. The number of benzene rings is 1. The minimum Gasteiger partial charge on any atom is -0.493 e. The molecule has 0 bridgehead atoms. The van der Waals surface area contributed by atoms with Gasteiger partial charge < -0.3 is 18.8 Å². The maximum Gasteiger partial charge on any atom is 0.328 e. The number of ether oxygens (including phenoxy) is 3. The molecule has 0 amide bonds. The molecule has 7 heteroatoms. The first-order chi connectivity index (χ1) is 10.1. The molecule has 0 radical (unpaired) electrons. The van der Waals surface area contributed by atoms with Crippen LogP contribution in [0.5, 0.6) is 11.5 Å². The quantitative estimate of drug-likeness (QED) is 0.627. The van der Waals surface area contributed by atoms with E-state index in [1.807, 2.05) is 0 Å². The lowest BCUT2D eigenvalue weighted by Crippen LogP contribution is -2.19. The van der Waals surface area contributed by atoms with Gasteiger partial charge in [-0.15, -0.1) is 11.6 Å². The Balaban J connectivity index is 2.70. The molecule has 2 aromatic rings. The number of carbonyl (C=O) groups excluding carboxylic acids is 1. The maximum absolute atomic E-state index is 11.8. The third-order valence-corrected chi connectivity index (χ3v) is 3.56. The van der Waals surface area contributed by atoms with Gasteiger partial charge in [-0.1, -0.05) is 0 Å². The normalized spacial score (nSPS) is 12.2. The van der Waals surface area contributed by atoms with Crippen molar-refractivity contribution in [1.82, 2.24) is 9.55 Å². The topological polar surface area (TPSA) is 62.6 Å². The number of rotatable bonds is 5. The van der Waals surface area contributed by atoms with Crippen LogP contribution >= 0.6 is 11.6 Å². The van der Waals surface area contributed by atoms with Gasteiger partial charge in [0.1, 0.15) is 11.9 Å². The van der Waals surface area contributed by atoms with Gasteiger partial charge in [0, 0.05) is 12.1 Å². The molecule has 0 aliphatic heterocycles. The molecule has 0 saturated carbocycles. The zero-order valence-corrected chi connectivity index (χ0v) is 13.1. The number of hydrogen-bond acceptors (Lipinski definition) is 5. The average Bonchev–Trinajstić information content (AvgIpc) is 2.88. The van der Waals surface area contributed by atoms with Crippen molar-refractivity contribution in [3.05, 3.63) is 18.0 Å². The molecule has 0 spiro atoms. The second-order valence-electron chi connectivity index (χ2n) is 4.43. The van der Waals surface area contributed by atoms with E-state index in [9.17, 15) is 4.79 Å². The fourth-order valence-electron chi connectivity index (χ4n) is 2.27. The Morgan fingerprint density at radius 2 is 1.90 bits per heavy atom. The van der Waals surface area contributed by atoms with Gasteiger partial charge in [0.2, 0.25) is 0 Å². The summed E-state index contributed by atoms with van der Waals surface area (Å²) in [5.41, 5.74) is 1.42. The molecule has 0 N–H and O–H groups in total. The predicted molar refractivity (Wildman–Crippen MR) is 79.1 cm³/mol. The van der Waals surface area contributed by atoms with Crippen LogP contribution in [0.15, 0.2) is 12.1 Å². The number of imidazole rings is 1. The molecular weight excluding hydrogens is 296 g/mol. The van der Waals surface area contributed by atoms with Gasteiger partial charge in [-0.25, -0.2) is 9.78 Å². The molecular formula is C14H17ClN2O4. The third kappa shape index (κ3) is 2.63. The van der Waals surface area contributed by atoms with Crippen molar-refractivity contribution >= 4 is 28.6 Å². The van der Waals surface area contributed by atoms with Gasteiger partial charge in [0.25, 0.3) is 0 Å². The third-order valence-electron chi connectivity index (χ3n) is 3.32. The Hall–Kier alpha value is -1.95. The highest BCUT2D eigenvalue weighted by Crippen LogP contribution is 2.34. The molecule has 1 atom stereocenters. The summed E-state index contributed by atoms with van der Waals surface area (Å²) in [6.45, 7) is 1.74. The van der Waals surface area contributed by atoms with Gasteiger partial charge in [-0.3, -0.25) is 0 Å². The fourth-order valence-corrected chi connectivity index (χ4v) is 2.46. The van der Waals surface area contributed by atoms with Crippen molar-refractivity contribution < 1.29 is 19.0 Å². The number of nitrogens with zero attached hydrogens (tertiary/aromatic N) is 2. The number of esters is 1. The number of methoxy groups -OCH3 is 3. The second kappa shape index (κ2) is 6.22. The monoisotopic (exact) mass is 312 g/mol. The molecule has 6 nitrogen and oxygen atoms in total. The molecule has 0 aliphatic carbocycles. The van der Waals surface area contributed by atoms with Crippen molar-refractivity contribution in [2.75, 3.05) is 21.3 Å². The van der Waals surface area contributed by atoms with E-state index in [1.165, 1.54) is 7.11 Å². The highest BCUT2D eigenvalue weighted by molar-refractivity contribution is 6.17. The van der Waals surface area contributed by atoms with Crippen LogP contribution in [-0.4, -0.2) is 36.8 Å². The van der Waals surface area contributed by atoms with Crippen LogP contribution < -0.4 is 9.47 Å². The van der Waals surface area contributed by atoms with Crippen LogP contribution in [-0.2, 0) is 15.4 Å². The summed E-state index contributed by atoms with van der Waals surface area (Å²) in [5.74, 6) is 1.53. The largest absolute Gasteiger partial charge is 0.493 e. The smallest absolute Gasteiger partial charge is 0.328 e. The molecule has 2 rings (SSSR count). The standard InChI is InChI=1S/C14H17ClN2O4/c1-8(14(18)21-4)17-10-6-12(20-3)11(19-2)5-9(10)16-13(17)7-15/h5-6,8H,7H2,1-4H3. The number of fused-ring (bicyclic) bond motifs is 1. The van der Waals surface area contributed by atoms with E-state index >= 15 is 0 Å². The van der Waals surface area contributed by atoms with Gasteiger partial charge in [0.05, 0.1) is 38.2 Å². The van der Waals surface area contributed by atoms with Crippen LogP contribution in [0.4, 0.5) is 0 Å². The van der Waals surface area contributed by atoms with E-state index in [-0.39, 0.29) is 11.8 Å². The summed E-state index contributed by atoms with van der Waals surface area (Å²) in [4.78, 5) is 16.3. The Labute approximate surface area is 127 Å². The van der Waals surface area contributed by atoms with Crippen LogP contribution in [0.1, 0.15) is 18.8 Å². The zero-order valence-electron chi connectivity index (χ0n) is 12.3. The molecule has 114 valence electrons. The fraction of sp³-hybridized carbons (Fsp3) is 0.429. The number of carbonyl (C=O) groups is 1. The summed E-state index contributed by atoms with van der Waals surface area (Å²) in [6, 6.07) is 2.99. The van der Waals surface area contributed by atoms with Crippen LogP contribution in [0.2, 0.25) is 0 Å².